The molecule has 2 amide bonds. The Balaban J connectivity index is 1.65. The average molecular weight is 1230 g/mol. The molecule has 21 atom stereocenters. The van der Waals surface area contributed by atoms with Crippen LogP contribution in [0.3, 0.4) is 0 Å². The lowest BCUT2D eigenvalue weighted by molar-refractivity contribution is -0.366. The Morgan fingerprint density at radius 3 is 2.15 bits per heavy atom. The van der Waals surface area contributed by atoms with Gasteiger partial charge in [-0.25, -0.2) is 9.55 Å². The number of nitrogens with zero attached hydrogens (tertiary/aromatic N) is 2. The van der Waals surface area contributed by atoms with Gasteiger partial charge in [-0.15, -0.1) is 0 Å². The zero-order valence-corrected chi connectivity index (χ0v) is 53.9. The van der Waals surface area contributed by atoms with Crippen molar-refractivity contribution in [3.05, 3.63) is 71.0 Å². The highest BCUT2D eigenvalue weighted by Gasteiger charge is 2.68. The Morgan fingerprint density at radius 1 is 0.929 bits per heavy atom. The molecule has 3 aliphatic rings. The summed E-state index contributed by atoms with van der Waals surface area (Å²) in [5.41, 5.74) is 6.83. The van der Waals surface area contributed by atoms with E-state index in [-0.39, 0.29) is 31.8 Å². The number of primary amides is 1. The van der Waals surface area contributed by atoms with Gasteiger partial charge >= 0.3 is 7.82 Å². The van der Waals surface area contributed by atoms with Crippen molar-refractivity contribution in [3.63, 3.8) is 0 Å². The molecule has 1 aromatic rings. The van der Waals surface area contributed by atoms with Crippen LogP contribution in [0.4, 0.5) is 0 Å². The van der Waals surface area contributed by atoms with Crippen LogP contribution in [0.25, 0.3) is 6.08 Å². The van der Waals surface area contributed by atoms with Gasteiger partial charge in [0, 0.05) is 89.6 Å². The number of rotatable bonds is 32. The number of aliphatic hydroxyl groups is 4. The first-order chi connectivity index (χ1) is 39.7. The number of ether oxygens (including phenoxy) is 9. The third-order valence-corrected chi connectivity index (χ3v) is 17.6. The van der Waals surface area contributed by atoms with Crippen molar-refractivity contribution in [2.75, 3.05) is 56.3 Å². The van der Waals surface area contributed by atoms with Gasteiger partial charge in [-0.05, 0) is 78.8 Å². The number of phosphoric ester groups is 1. The number of carbonyl (C=O) groups is 2. The van der Waals surface area contributed by atoms with Crippen LogP contribution in [-0.2, 0) is 61.3 Å². The van der Waals surface area contributed by atoms with Crippen LogP contribution in [0.5, 0.6) is 0 Å². The number of oxazole rings is 1. The third-order valence-electron chi connectivity index (χ3n) is 17.1. The quantitative estimate of drug-likeness (QED) is 0.0271. The summed E-state index contributed by atoms with van der Waals surface area (Å²) in [6.07, 6.45) is 0.312. The van der Waals surface area contributed by atoms with Gasteiger partial charge in [0.05, 0.1) is 49.3 Å². The summed E-state index contributed by atoms with van der Waals surface area (Å²) in [6.45, 7) is 20.1. The van der Waals surface area contributed by atoms with E-state index in [9.17, 15) is 44.4 Å². The average Bonchev–Trinajstić information content (AvgIpc) is 1.76. The standard InChI is InChI=1S/C60H101N4O20P/c1-32(25-47(61)66)21-19-22-33(2)34(3)26-35(4)48(67)38(7)43(65)28-45(75-15)52-55(84-85(71,72)73)59(10,11)60(83-52)29-46(81-58-54(78-18)53(77-17)51(76-16)40(9)80-58)39(8)44(82-60)24-20-23-41-30-79-57(63-41)36(5)27-37(6)62-56(70)50(69)49(68)42(31-74-14)64(12)13/h19-23,25-26,30,35-40,42-46,48-55,58,65,67-69H,24,27-29,31H2,1-18H3,(H2,61,66)(H,62,70)(H2,71,72,73)/b21-19+,23-20+,32-25+,33-22+,34-26+/t35-,36+,37-,38+,39-,40+,42+,43+,44+,45+,46+,48-,49+,50+,51+,52-,53-,54-,55+,58+,60-/m1/s1. The minimum atomic E-state index is -5.26. The van der Waals surface area contributed by atoms with Gasteiger partial charge in [0.25, 0.3) is 5.91 Å². The van der Waals surface area contributed by atoms with Crippen LogP contribution in [0, 0.1) is 23.2 Å². The van der Waals surface area contributed by atoms with Gasteiger partial charge in [-0.2, -0.15) is 0 Å². The number of methoxy groups -OCH3 is 5. The predicted octanol–water partition coefficient (Wildman–Crippen LogP) is 4.85. The Morgan fingerprint density at radius 2 is 1.58 bits per heavy atom. The number of phosphoric acid groups is 1. The first-order valence-corrected chi connectivity index (χ1v) is 30.6. The summed E-state index contributed by atoms with van der Waals surface area (Å²) in [5, 5.41) is 47.9. The molecule has 24 nitrogen and oxygen atoms in total. The van der Waals surface area contributed by atoms with E-state index in [1.54, 1.807) is 86.1 Å². The Hall–Kier alpha value is -3.60. The lowest BCUT2D eigenvalue weighted by atomic mass is 9.72. The summed E-state index contributed by atoms with van der Waals surface area (Å²) in [7, 11) is 5.66. The van der Waals surface area contributed by atoms with Crippen molar-refractivity contribution in [3.8, 4) is 0 Å². The number of aromatic nitrogens is 1. The smallest absolute Gasteiger partial charge is 0.448 e. The molecule has 0 aromatic carbocycles. The van der Waals surface area contributed by atoms with E-state index in [2.05, 4.69) is 5.32 Å². The second kappa shape index (κ2) is 32.8. The van der Waals surface area contributed by atoms with E-state index in [1.807, 2.05) is 59.8 Å². The van der Waals surface area contributed by atoms with E-state index in [1.165, 1.54) is 33.7 Å². The molecule has 3 saturated heterocycles. The molecule has 9 N–H and O–H groups in total. The van der Waals surface area contributed by atoms with Gasteiger partial charge in [0.2, 0.25) is 5.91 Å². The summed E-state index contributed by atoms with van der Waals surface area (Å²) < 4.78 is 81.1. The summed E-state index contributed by atoms with van der Waals surface area (Å²) in [5.74, 6) is -4.45. The van der Waals surface area contributed by atoms with Crippen molar-refractivity contribution in [1.82, 2.24) is 15.2 Å². The lowest BCUT2D eigenvalue weighted by Gasteiger charge is -2.52. The highest BCUT2D eigenvalue weighted by molar-refractivity contribution is 7.46. The Bertz CT molecular complexity index is 2480. The molecule has 0 aliphatic carbocycles. The van der Waals surface area contributed by atoms with E-state index in [0.29, 0.717) is 23.6 Å². The number of aliphatic hydroxyl groups excluding tert-OH is 4. The van der Waals surface area contributed by atoms with Gasteiger partial charge in [0.15, 0.2) is 24.1 Å². The maximum atomic E-state index is 13.0. The van der Waals surface area contributed by atoms with Crippen molar-refractivity contribution < 1.29 is 95.9 Å². The van der Waals surface area contributed by atoms with Crippen molar-refractivity contribution in [2.24, 2.45) is 28.9 Å². The molecule has 0 bridgehead atoms. The zero-order valence-electron chi connectivity index (χ0n) is 53.0. The molecule has 1 spiro atoms. The molecule has 85 heavy (non-hydrogen) atoms. The molecule has 4 rings (SSSR count). The van der Waals surface area contributed by atoms with Crippen LogP contribution in [0.1, 0.15) is 119 Å². The first-order valence-electron chi connectivity index (χ1n) is 29.0. The van der Waals surface area contributed by atoms with E-state index >= 15 is 0 Å². The van der Waals surface area contributed by atoms with Crippen LogP contribution in [0.15, 0.2) is 63.9 Å². The highest BCUT2D eigenvalue weighted by atomic mass is 31.2. The van der Waals surface area contributed by atoms with E-state index < -0.39 is 146 Å². The fourth-order valence-corrected chi connectivity index (χ4v) is 12.4. The van der Waals surface area contributed by atoms with Crippen LogP contribution < -0.4 is 11.1 Å². The van der Waals surface area contributed by atoms with Crippen LogP contribution >= 0.6 is 7.82 Å². The number of carbonyl (C=O) groups excluding carboxylic acids is 2. The molecule has 3 aliphatic heterocycles. The van der Waals surface area contributed by atoms with Gasteiger partial charge in [-0.3, -0.25) is 14.1 Å². The molecule has 25 heteroatoms. The minimum absolute atomic E-state index is 0.00700. The number of nitrogens with two attached hydrogens (primary N) is 1. The number of hydrogen-bond donors (Lipinski definition) is 8. The number of hydrogen-bond acceptors (Lipinski definition) is 20. The second-order valence-corrected chi connectivity index (χ2v) is 25.3. The van der Waals surface area contributed by atoms with Gasteiger partial charge < -0.3 is 93.2 Å². The van der Waals surface area contributed by atoms with Crippen molar-refractivity contribution in [2.45, 2.75) is 211 Å². The molecule has 0 radical (unpaired) electrons. The topological polar surface area (TPSA) is 332 Å². The summed E-state index contributed by atoms with van der Waals surface area (Å²) in [6, 6.07) is -1.06. The fourth-order valence-electron chi connectivity index (χ4n) is 11.7. The maximum Gasteiger partial charge on any atom is 0.469 e. The molecule has 4 heterocycles. The SMILES string of the molecule is COC[C@@H]([C@H](O)[C@H](O)C(=O)N[C@H](C)C[C@H](C)c1nc(/C=C/C[C@@H]2O[C@]3(C[C@H](O[C@@H]4O[C@@H](C)[C@H](OC)[C@@H](OC)[C@H]4OC)[C@@H]2C)O[C@H]([C@H](C[C@H](O)[C@H](C)[C@H](O)[C@H](C)/C=C(C)/C(C)=C/C=C/C(C)=C/C(N)=O)OC)[C@H](OP(=O)(O)O)C3(C)C)co1)N(C)C. The van der Waals surface area contributed by atoms with Crippen molar-refractivity contribution in [1.29, 1.82) is 0 Å². The molecule has 1 aromatic heterocycles. The number of nitrogens with one attached hydrogen (secondary N) is 1. The summed E-state index contributed by atoms with van der Waals surface area (Å²) in [4.78, 5) is 51.7. The highest BCUT2D eigenvalue weighted by Crippen LogP contribution is 2.59. The number of likely N-dealkylation sites (N-methyl/N-ethyl adjacent to an activating group) is 1. The molecule has 3 fully saturated rings. The largest absolute Gasteiger partial charge is 0.469 e. The first kappa shape index (κ1) is 73.9. The number of amides is 2. The second-order valence-electron chi connectivity index (χ2n) is 24.1. The Kier molecular flexibility index (Phi) is 28.5. The lowest BCUT2D eigenvalue weighted by Crippen LogP contribution is -2.62. The predicted molar refractivity (Wildman–Crippen MR) is 316 cm³/mol. The molecule has 0 unspecified atom stereocenters. The zero-order chi connectivity index (χ0) is 64.1. The van der Waals surface area contributed by atoms with Gasteiger partial charge in [0.1, 0.15) is 48.6 Å². The van der Waals surface area contributed by atoms with Crippen LogP contribution in [-0.4, -0.2) is 212 Å². The normalized spacial score (nSPS) is 30.8. The van der Waals surface area contributed by atoms with Crippen molar-refractivity contribution >= 4 is 25.7 Å². The third kappa shape index (κ3) is 19.4. The Labute approximate surface area is 502 Å². The fraction of sp³-hybridized carbons (Fsp3) is 0.750. The minimum Gasteiger partial charge on any atom is -0.448 e. The molecular formula is C60H101N4O20P. The monoisotopic (exact) mass is 1230 g/mol. The van der Waals surface area contributed by atoms with E-state index in [0.717, 1.165) is 11.1 Å². The van der Waals surface area contributed by atoms with Gasteiger partial charge in [-0.1, -0.05) is 77.5 Å². The molecular weight excluding hydrogens is 1130 g/mol. The number of allylic oxidation sites excluding steroid dienone is 6. The summed E-state index contributed by atoms with van der Waals surface area (Å²) >= 11 is 0. The van der Waals surface area contributed by atoms with Crippen LogP contribution in [0.2, 0.25) is 0 Å². The maximum absolute atomic E-state index is 13.0. The molecule has 486 valence electrons. The van der Waals surface area contributed by atoms with E-state index in [4.69, 9.17) is 62.3 Å². The molecule has 0 saturated carbocycles.